The second-order valence-corrected chi connectivity index (χ2v) is 15.9. The van der Waals surface area contributed by atoms with E-state index in [-0.39, 0.29) is 0 Å². The molecule has 0 fully saturated rings. The van der Waals surface area contributed by atoms with Crippen LogP contribution in [0.2, 0.25) is 0 Å². The van der Waals surface area contributed by atoms with Crippen molar-refractivity contribution in [2.24, 2.45) is 0 Å². The van der Waals surface area contributed by atoms with Crippen LogP contribution >= 0.6 is 11.3 Å². The first-order valence-corrected chi connectivity index (χ1v) is 20.4. The fourth-order valence-corrected chi connectivity index (χ4v) is 10.0. The molecule has 0 radical (unpaired) electrons. The SMILES string of the molecule is c1ccc(-c2ccc(N(c3ccc4c(c3)c3ccccc3n4-c3ccccc3)c3ccc4c(c3)c3ccccc3n4-c3ccc4sc5cnccc5c4c3)cc2)cc1. The number of pyridine rings is 1. The molecular weight excluding hydrogens is 725 g/mol. The zero-order valence-corrected chi connectivity index (χ0v) is 32.1. The van der Waals surface area contributed by atoms with Gasteiger partial charge in [0.05, 0.1) is 26.8 Å². The fraction of sp³-hybridized carbons (Fsp3) is 0. The highest BCUT2D eigenvalue weighted by atomic mass is 32.1. The summed E-state index contributed by atoms with van der Waals surface area (Å²) in [7, 11) is 0. The summed E-state index contributed by atoms with van der Waals surface area (Å²) in [5.74, 6) is 0. The van der Waals surface area contributed by atoms with Crippen molar-refractivity contribution >= 4 is 92.2 Å². The van der Waals surface area contributed by atoms with Gasteiger partial charge in [-0.2, -0.15) is 0 Å². The molecule has 4 aromatic heterocycles. The number of nitrogens with zero attached hydrogens (tertiary/aromatic N) is 4. The van der Waals surface area contributed by atoms with E-state index in [0.29, 0.717) is 0 Å². The number of fused-ring (bicyclic) bond motifs is 9. The maximum atomic E-state index is 4.39. The number of hydrogen-bond acceptors (Lipinski definition) is 3. The van der Waals surface area contributed by atoms with Crippen molar-refractivity contribution in [3.05, 3.63) is 207 Å². The van der Waals surface area contributed by atoms with Crippen LogP contribution in [-0.2, 0) is 0 Å². The van der Waals surface area contributed by atoms with Crippen LogP contribution in [0.15, 0.2) is 207 Å². The maximum absolute atomic E-state index is 4.39. The van der Waals surface area contributed by atoms with E-state index in [2.05, 4.69) is 213 Å². The van der Waals surface area contributed by atoms with Crippen LogP contribution in [-0.4, -0.2) is 14.1 Å². The van der Waals surface area contributed by atoms with Crippen molar-refractivity contribution in [2.45, 2.75) is 0 Å². The van der Waals surface area contributed by atoms with Gasteiger partial charge in [0.25, 0.3) is 0 Å². The number of aromatic nitrogens is 3. The van der Waals surface area contributed by atoms with Gasteiger partial charge in [0, 0.05) is 77.8 Å². The number of anilines is 3. The van der Waals surface area contributed by atoms with Crippen molar-refractivity contribution in [3.63, 3.8) is 0 Å². The average molecular weight is 759 g/mol. The molecule has 0 N–H and O–H groups in total. The lowest BCUT2D eigenvalue weighted by molar-refractivity contribution is 1.18. The van der Waals surface area contributed by atoms with Crippen LogP contribution in [0.4, 0.5) is 17.1 Å². The first kappa shape index (κ1) is 32.7. The molecule has 0 bridgehead atoms. The highest BCUT2D eigenvalue weighted by Crippen LogP contribution is 2.43. The lowest BCUT2D eigenvalue weighted by Crippen LogP contribution is -2.10. The third-order valence-electron chi connectivity index (χ3n) is 11.6. The Balaban J connectivity index is 1.07. The van der Waals surface area contributed by atoms with Gasteiger partial charge < -0.3 is 14.0 Å². The van der Waals surface area contributed by atoms with E-state index in [9.17, 15) is 0 Å². The molecule has 0 aliphatic heterocycles. The Morgan fingerprint density at radius 2 is 0.914 bits per heavy atom. The second-order valence-electron chi connectivity index (χ2n) is 14.8. The average Bonchev–Trinajstić information content (AvgIpc) is 3.94. The van der Waals surface area contributed by atoms with E-state index in [1.54, 1.807) is 11.3 Å². The molecule has 8 aromatic carbocycles. The van der Waals surface area contributed by atoms with Gasteiger partial charge in [0.2, 0.25) is 0 Å². The minimum absolute atomic E-state index is 1.10. The minimum atomic E-state index is 1.10. The van der Waals surface area contributed by atoms with Crippen LogP contribution < -0.4 is 4.90 Å². The molecule has 0 aliphatic rings. The first-order chi connectivity index (χ1) is 28.8. The molecule has 0 amide bonds. The molecule has 0 saturated carbocycles. The normalized spacial score (nSPS) is 11.8. The molecule has 0 atom stereocenters. The molecule has 12 aromatic rings. The van der Waals surface area contributed by atoms with Crippen molar-refractivity contribution in [1.82, 2.24) is 14.1 Å². The Kier molecular flexibility index (Phi) is 7.37. The molecule has 0 aliphatic carbocycles. The number of thiophene rings is 1. The van der Waals surface area contributed by atoms with Crippen molar-refractivity contribution < 1.29 is 0 Å². The summed E-state index contributed by atoms with van der Waals surface area (Å²) in [5, 5.41) is 7.38. The Morgan fingerprint density at radius 1 is 0.362 bits per heavy atom. The van der Waals surface area contributed by atoms with Gasteiger partial charge in [-0.1, -0.05) is 97.1 Å². The molecule has 0 saturated heterocycles. The third-order valence-corrected chi connectivity index (χ3v) is 12.7. The standard InChI is InChI=1S/C53H34N4S/c1-3-11-35(12-4-1)36-19-21-38(22-20-36)55(39-23-26-50-45(31-39)42-15-7-9-17-48(42)56(50)37-13-5-2-6-14-37)40-24-27-51-46(32-40)43-16-8-10-18-49(43)57(51)41-25-28-52-47(33-41)44-29-30-54-34-53(44)58-52/h1-34H. The Hall–Kier alpha value is -7.47. The number of para-hydroxylation sites is 3. The maximum Gasteiger partial charge on any atom is 0.0542 e. The lowest BCUT2D eigenvalue weighted by atomic mass is 10.0. The number of benzene rings is 8. The van der Waals surface area contributed by atoms with Crippen molar-refractivity contribution in [1.29, 1.82) is 0 Å². The zero-order chi connectivity index (χ0) is 38.2. The Morgan fingerprint density at radius 3 is 1.59 bits per heavy atom. The van der Waals surface area contributed by atoms with Crippen molar-refractivity contribution in [3.8, 4) is 22.5 Å². The zero-order valence-electron chi connectivity index (χ0n) is 31.3. The van der Waals surface area contributed by atoms with E-state index in [4.69, 9.17) is 0 Å². The smallest absolute Gasteiger partial charge is 0.0542 e. The quantitative estimate of drug-likeness (QED) is 0.169. The highest BCUT2D eigenvalue weighted by molar-refractivity contribution is 7.25. The van der Waals surface area contributed by atoms with E-state index < -0.39 is 0 Å². The van der Waals surface area contributed by atoms with E-state index in [1.165, 1.54) is 74.9 Å². The summed E-state index contributed by atoms with van der Waals surface area (Å²) in [6.45, 7) is 0. The molecule has 0 unspecified atom stereocenters. The summed E-state index contributed by atoms with van der Waals surface area (Å²) >= 11 is 1.80. The predicted molar refractivity (Wildman–Crippen MR) is 246 cm³/mol. The van der Waals surface area contributed by atoms with Gasteiger partial charge in [-0.25, -0.2) is 0 Å². The van der Waals surface area contributed by atoms with Crippen LogP contribution in [0.1, 0.15) is 0 Å². The highest BCUT2D eigenvalue weighted by Gasteiger charge is 2.20. The van der Waals surface area contributed by atoms with Crippen LogP contribution in [0, 0.1) is 0 Å². The lowest BCUT2D eigenvalue weighted by Gasteiger charge is -2.26. The molecular formula is C53H34N4S. The molecule has 0 spiro atoms. The van der Waals surface area contributed by atoms with Gasteiger partial charge in [-0.15, -0.1) is 11.3 Å². The molecule has 272 valence electrons. The first-order valence-electron chi connectivity index (χ1n) is 19.6. The molecule has 5 heteroatoms. The summed E-state index contributed by atoms with van der Waals surface area (Å²) in [6, 6.07) is 70.7. The van der Waals surface area contributed by atoms with Crippen molar-refractivity contribution in [2.75, 3.05) is 4.90 Å². The van der Waals surface area contributed by atoms with Crippen LogP contribution in [0.25, 0.3) is 86.3 Å². The summed E-state index contributed by atoms with van der Waals surface area (Å²) in [5.41, 5.74) is 12.7. The molecule has 58 heavy (non-hydrogen) atoms. The van der Waals surface area contributed by atoms with Crippen LogP contribution in [0.5, 0.6) is 0 Å². The Bertz CT molecular complexity index is 3510. The van der Waals surface area contributed by atoms with E-state index in [0.717, 1.165) is 28.4 Å². The van der Waals surface area contributed by atoms with E-state index in [1.807, 2.05) is 12.4 Å². The fourth-order valence-electron chi connectivity index (χ4n) is 8.97. The van der Waals surface area contributed by atoms with Gasteiger partial charge >= 0.3 is 0 Å². The summed E-state index contributed by atoms with van der Waals surface area (Å²) in [6.07, 6.45) is 3.87. The predicted octanol–water partition coefficient (Wildman–Crippen LogP) is 14.8. The second kappa shape index (κ2) is 13.1. The third kappa shape index (κ3) is 5.11. The van der Waals surface area contributed by atoms with Crippen LogP contribution in [0.3, 0.4) is 0 Å². The largest absolute Gasteiger partial charge is 0.310 e. The van der Waals surface area contributed by atoms with E-state index >= 15 is 0 Å². The van der Waals surface area contributed by atoms with Gasteiger partial charge in [0.15, 0.2) is 0 Å². The van der Waals surface area contributed by atoms with Gasteiger partial charge in [-0.05, 0) is 108 Å². The molecule has 4 nitrogen and oxygen atoms in total. The van der Waals surface area contributed by atoms with Gasteiger partial charge in [-0.3, -0.25) is 4.98 Å². The van der Waals surface area contributed by atoms with Gasteiger partial charge in [0.1, 0.15) is 0 Å². The summed E-state index contributed by atoms with van der Waals surface area (Å²) < 4.78 is 7.28. The summed E-state index contributed by atoms with van der Waals surface area (Å²) in [4.78, 5) is 6.80. The molecule has 4 heterocycles. The minimum Gasteiger partial charge on any atom is -0.310 e. The monoisotopic (exact) mass is 758 g/mol. The Labute approximate surface area is 338 Å². The molecule has 12 rings (SSSR count). The number of hydrogen-bond donors (Lipinski definition) is 0. The number of rotatable bonds is 6. The topological polar surface area (TPSA) is 26.0 Å².